The number of fused-ring (bicyclic) bond motifs is 1. The van der Waals surface area contributed by atoms with E-state index >= 15 is 0 Å². The summed E-state index contributed by atoms with van der Waals surface area (Å²) in [4.78, 5) is 0. The fourth-order valence-electron chi connectivity index (χ4n) is 2.35. The summed E-state index contributed by atoms with van der Waals surface area (Å²) in [5.74, 6) is 0. The molecule has 0 radical (unpaired) electrons. The molecule has 0 spiro atoms. The number of aromatic nitrogens is 1. The van der Waals surface area contributed by atoms with Crippen LogP contribution < -0.4 is 0 Å². The maximum Gasteiger partial charge on any atom is 0.167 e. The van der Waals surface area contributed by atoms with Gasteiger partial charge in [-0.05, 0) is 25.0 Å². The number of hydrogen-bond donors (Lipinski definition) is 0. The van der Waals surface area contributed by atoms with Gasteiger partial charge in [0, 0.05) is 10.8 Å². The van der Waals surface area contributed by atoms with E-state index in [1.54, 1.807) is 0 Å². The van der Waals surface area contributed by atoms with Crippen LogP contribution >= 0.6 is 0 Å². The Morgan fingerprint density at radius 3 is 2.71 bits per heavy atom. The van der Waals surface area contributed by atoms with Gasteiger partial charge in [-0.15, -0.1) is 0 Å². The molecule has 1 atom stereocenters. The van der Waals surface area contributed by atoms with Gasteiger partial charge in [0.25, 0.3) is 0 Å². The first kappa shape index (κ1) is 12.2. The first-order valence-electron chi connectivity index (χ1n) is 6.56. The third-order valence-electron chi connectivity index (χ3n) is 3.81. The van der Waals surface area contributed by atoms with E-state index < -0.39 is 0 Å². The SMILES string of the molecule is CCCCC(C)(CC)c1noc2ccccc12. The van der Waals surface area contributed by atoms with E-state index in [1.165, 1.54) is 24.6 Å². The average Bonchev–Trinajstić information content (AvgIpc) is 2.80. The Labute approximate surface area is 103 Å². The molecule has 0 aliphatic carbocycles. The highest BCUT2D eigenvalue weighted by atomic mass is 16.5. The van der Waals surface area contributed by atoms with Crippen molar-refractivity contribution in [3.05, 3.63) is 30.0 Å². The van der Waals surface area contributed by atoms with E-state index in [0.29, 0.717) is 0 Å². The van der Waals surface area contributed by atoms with E-state index in [4.69, 9.17) is 4.52 Å². The smallest absolute Gasteiger partial charge is 0.167 e. The van der Waals surface area contributed by atoms with Crippen LogP contribution in [0.15, 0.2) is 28.8 Å². The van der Waals surface area contributed by atoms with Crippen LogP contribution in [0.5, 0.6) is 0 Å². The molecule has 0 bridgehead atoms. The lowest BCUT2D eigenvalue weighted by molar-refractivity contribution is 0.357. The molecule has 17 heavy (non-hydrogen) atoms. The quantitative estimate of drug-likeness (QED) is 0.746. The maximum atomic E-state index is 5.43. The van der Waals surface area contributed by atoms with Crippen LogP contribution in [0.2, 0.25) is 0 Å². The molecule has 0 aliphatic heterocycles. The minimum absolute atomic E-state index is 0.141. The van der Waals surface area contributed by atoms with Crippen LogP contribution in [0.3, 0.4) is 0 Å². The van der Waals surface area contributed by atoms with Crippen molar-refractivity contribution >= 4 is 11.0 Å². The van der Waals surface area contributed by atoms with Crippen LogP contribution in [0.1, 0.15) is 52.1 Å². The zero-order chi connectivity index (χ0) is 12.3. The highest BCUT2D eigenvalue weighted by Gasteiger charge is 2.29. The Morgan fingerprint density at radius 1 is 1.24 bits per heavy atom. The second-order valence-corrected chi connectivity index (χ2v) is 5.05. The summed E-state index contributed by atoms with van der Waals surface area (Å²) in [6, 6.07) is 8.15. The first-order chi connectivity index (χ1) is 8.21. The van der Waals surface area contributed by atoms with Gasteiger partial charge >= 0.3 is 0 Å². The van der Waals surface area contributed by atoms with Crippen LogP contribution in [-0.2, 0) is 5.41 Å². The van der Waals surface area contributed by atoms with Crippen molar-refractivity contribution in [3.63, 3.8) is 0 Å². The summed E-state index contributed by atoms with van der Waals surface area (Å²) in [5.41, 5.74) is 2.17. The highest BCUT2D eigenvalue weighted by Crippen LogP contribution is 2.36. The van der Waals surface area contributed by atoms with Gasteiger partial charge in [-0.25, -0.2) is 0 Å². The van der Waals surface area contributed by atoms with Gasteiger partial charge in [0.15, 0.2) is 5.58 Å². The van der Waals surface area contributed by atoms with Crippen molar-refractivity contribution in [2.75, 3.05) is 0 Å². The summed E-state index contributed by atoms with van der Waals surface area (Å²) < 4.78 is 5.43. The van der Waals surface area contributed by atoms with Crippen molar-refractivity contribution in [1.29, 1.82) is 0 Å². The zero-order valence-corrected chi connectivity index (χ0v) is 11.0. The molecular formula is C15H21NO. The van der Waals surface area contributed by atoms with Crippen molar-refractivity contribution in [2.24, 2.45) is 0 Å². The van der Waals surface area contributed by atoms with E-state index in [-0.39, 0.29) is 5.41 Å². The van der Waals surface area contributed by atoms with E-state index in [0.717, 1.165) is 17.7 Å². The Kier molecular flexibility index (Phi) is 3.51. The minimum Gasteiger partial charge on any atom is -0.356 e. The number of benzene rings is 1. The van der Waals surface area contributed by atoms with Gasteiger partial charge in [0.1, 0.15) is 0 Å². The summed E-state index contributed by atoms with van der Waals surface area (Å²) in [5, 5.41) is 5.49. The molecule has 1 unspecified atom stereocenters. The normalized spacial score (nSPS) is 15.0. The second kappa shape index (κ2) is 4.91. The summed E-state index contributed by atoms with van der Waals surface area (Å²) >= 11 is 0. The van der Waals surface area contributed by atoms with E-state index in [9.17, 15) is 0 Å². The lowest BCUT2D eigenvalue weighted by Crippen LogP contribution is -2.21. The lowest BCUT2D eigenvalue weighted by Gasteiger charge is -2.25. The van der Waals surface area contributed by atoms with Crippen molar-refractivity contribution in [1.82, 2.24) is 5.16 Å². The molecule has 0 N–H and O–H groups in total. The number of rotatable bonds is 5. The molecule has 2 aromatic rings. The Morgan fingerprint density at radius 2 is 2.00 bits per heavy atom. The molecule has 1 aromatic heterocycles. The third-order valence-corrected chi connectivity index (χ3v) is 3.81. The lowest BCUT2D eigenvalue weighted by atomic mass is 9.78. The van der Waals surface area contributed by atoms with Crippen molar-refractivity contribution < 1.29 is 4.52 Å². The maximum absolute atomic E-state index is 5.43. The highest BCUT2D eigenvalue weighted by molar-refractivity contribution is 5.80. The molecule has 0 fully saturated rings. The Hall–Kier alpha value is -1.31. The second-order valence-electron chi connectivity index (χ2n) is 5.05. The summed E-state index contributed by atoms with van der Waals surface area (Å²) in [7, 11) is 0. The van der Waals surface area contributed by atoms with Crippen LogP contribution in [0.25, 0.3) is 11.0 Å². The first-order valence-corrected chi connectivity index (χ1v) is 6.56. The largest absolute Gasteiger partial charge is 0.356 e. The van der Waals surface area contributed by atoms with Gasteiger partial charge in [0.2, 0.25) is 0 Å². The number of hydrogen-bond acceptors (Lipinski definition) is 2. The molecule has 2 rings (SSSR count). The topological polar surface area (TPSA) is 26.0 Å². The van der Waals surface area contributed by atoms with Gasteiger partial charge in [-0.1, -0.05) is 50.9 Å². The predicted molar refractivity (Wildman–Crippen MR) is 71.2 cm³/mol. The molecule has 2 nitrogen and oxygen atoms in total. The monoisotopic (exact) mass is 231 g/mol. The standard InChI is InChI=1S/C15H21NO/c1-4-6-11-15(3,5-2)14-12-9-7-8-10-13(12)17-16-14/h7-10H,4-6,11H2,1-3H3. The fourth-order valence-corrected chi connectivity index (χ4v) is 2.35. The van der Waals surface area contributed by atoms with Crippen LogP contribution in [0, 0.1) is 0 Å². The number of para-hydroxylation sites is 1. The van der Waals surface area contributed by atoms with Gasteiger partial charge < -0.3 is 4.52 Å². The third kappa shape index (κ3) is 2.21. The molecule has 0 saturated heterocycles. The number of nitrogens with zero attached hydrogens (tertiary/aromatic N) is 1. The molecule has 2 heteroatoms. The fraction of sp³-hybridized carbons (Fsp3) is 0.533. The van der Waals surface area contributed by atoms with E-state index in [2.05, 4.69) is 38.1 Å². The number of unbranched alkanes of at least 4 members (excludes halogenated alkanes) is 1. The average molecular weight is 231 g/mol. The Bertz CT molecular complexity index is 488. The molecular weight excluding hydrogens is 210 g/mol. The molecule has 0 amide bonds. The molecule has 0 saturated carbocycles. The molecule has 0 aliphatic rings. The van der Waals surface area contributed by atoms with Crippen LogP contribution in [-0.4, -0.2) is 5.16 Å². The molecule has 92 valence electrons. The summed E-state index contributed by atoms with van der Waals surface area (Å²) in [6.45, 7) is 6.77. The van der Waals surface area contributed by atoms with Crippen molar-refractivity contribution in [3.8, 4) is 0 Å². The minimum atomic E-state index is 0.141. The van der Waals surface area contributed by atoms with Gasteiger partial charge in [-0.3, -0.25) is 0 Å². The Balaban J connectivity index is 2.42. The van der Waals surface area contributed by atoms with Crippen molar-refractivity contribution in [2.45, 2.75) is 51.9 Å². The van der Waals surface area contributed by atoms with Crippen LogP contribution in [0.4, 0.5) is 0 Å². The predicted octanol–water partition coefficient (Wildman–Crippen LogP) is 4.69. The molecule has 1 heterocycles. The summed E-state index contributed by atoms with van der Waals surface area (Å²) in [6.07, 6.45) is 4.75. The van der Waals surface area contributed by atoms with E-state index in [1.807, 2.05) is 12.1 Å². The van der Waals surface area contributed by atoms with Gasteiger partial charge in [0.05, 0.1) is 5.69 Å². The molecule has 1 aromatic carbocycles. The van der Waals surface area contributed by atoms with Gasteiger partial charge in [-0.2, -0.15) is 0 Å². The zero-order valence-electron chi connectivity index (χ0n) is 11.0.